The summed E-state index contributed by atoms with van der Waals surface area (Å²) in [5.74, 6) is 0.275. The SMILES string of the molecule is Fc1cc(CNCCCCNCc2ccc(N3CCCC3)c(F)c2)ccc1C1CCCC1. The van der Waals surface area contributed by atoms with Crippen molar-refractivity contribution >= 4 is 5.69 Å². The van der Waals surface area contributed by atoms with Gasteiger partial charge < -0.3 is 15.5 Å². The van der Waals surface area contributed by atoms with E-state index in [4.69, 9.17) is 0 Å². The third kappa shape index (κ3) is 6.29. The first-order valence-corrected chi connectivity index (χ1v) is 12.4. The predicted molar refractivity (Wildman–Crippen MR) is 128 cm³/mol. The number of anilines is 1. The third-order valence-electron chi connectivity index (χ3n) is 6.93. The average Bonchev–Trinajstić information content (AvgIpc) is 3.50. The highest BCUT2D eigenvalue weighted by molar-refractivity contribution is 5.49. The summed E-state index contributed by atoms with van der Waals surface area (Å²) in [4.78, 5) is 2.14. The van der Waals surface area contributed by atoms with Crippen LogP contribution in [0.5, 0.6) is 0 Å². The fraction of sp³-hybridized carbons (Fsp3) is 0.556. The Bertz CT molecular complexity index is 786. The molecule has 32 heavy (non-hydrogen) atoms. The fourth-order valence-electron chi connectivity index (χ4n) is 5.09. The van der Waals surface area contributed by atoms with Crippen molar-refractivity contribution in [1.82, 2.24) is 10.6 Å². The van der Waals surface area contributed by atoms with Gasteiger partial charge in [-0.1, -0.05) is 31.0 Å². The monoisotopic (exact) mass is 441 g/mol. The first kappa shape index (κ1) is 23.2. The summed E-state index contributed by atoms with van der Waals surface area (Å²) in [6.45, 7) is 5.14. The molecule has 1 aliphatic carbocycles. The normalized spacial score (nSPS) is 16.9. The number of halogens is 2. The maximum absolute atomic E-state index is 14.4. The van der Waals surface area contributed by atoms with Crippen molar-refractivity contribution in [3.8, 4) is 0 Å². The molecule has 2 aliphatic rings. The minimum Gasteiger partial charge on any atom is -0.369 e. The molecule has 174 valence electrons. The standard InChI is InChI=1S/C27H37F2N3/c28-25-17-21(9-11-24(25)23-7-1-2-8-23)19-30-13-3-4-14-31-20-22-10-12-27(26(29)18-22)32-15-5-6-16-32/h9-12,17-18,23,30-31H,1-8,13-16,19-20H2. The van der Waals surface area contributed by atoms with Gasteiger partial charge in [0.05, 0.1) is 5.69 Å². The molecule has 2 N–H and O–H groups in total. The molecule has 0 bridgehead atoms. The molecule has 0 spiro atoms. The second-order valence-corrected chi connectivity index (χ2v) is 9.38. The molecule has 4 rings (SSSR count). The molecule has 3 nitrogen and oxygen atoms in total. The van der Waals surface area contributed by atoms with Gasteiger partial charge in [0.2, 0.25) is 0 Å². The summed E-state index contributed by atoms with van der Waals surface area (Å²) >= 11 is 0. The molecular formula is C27H37F2N3. The van der Waals surface area contributed by atoms with E-state index in [9.17, 15) is 8.78 Å². The van der Waals surface area contributed by atoms with Gasteiger partial charge in [0.1, 0.15) is 11.6 Å². The lowest BCUT2D eigenvalue weighted by Gasteiger charge is -2.18. The highest BCUT2D eigenvalue weighted by Crippen LogP contribution is 2.35. The molecule has 1 saturated carbocycles. The van der Waals surface area contributed by atoms with E-state index < -0.39 is 0 Å². The van der Waals surface area contributed by atoms with Crippen LogP contribution in [0.15, 0.2) is 36.4 Å². The summed E-state index contributed by atoms with van der Waals surface area (Å²) in [7, 11) is 0. The van der Waals surface area contributed by atoms with Gasteiger partial charge in [0, 0.05) is 26.2 Å². The maximum Gasteiger partial charge on any atom is 0.146 e. The van der Waals surface area contributed by atoms with E-state index in [0.717, 1.165) is 87.1 Å². The lowest BCUT2D eigenvalue weighted by Crippen LogP contribution is -2.20. The van der Waals surface area contributed by atoms with Crippen molar-refractivity contribution in [2.75, 3.05) is 31.1 Å². The van der Waals surface area contributed by atoms with Gasteiger partial charge in [-0.25, -0.2) is 8.78 Å². The summed E-state index contributed by atoms with van der Waals surface area (Å²) in [6, 6.07) is 11.4. The smallest absolute Gasteiger partial charge is 0.146 e. The van der Waals surface area contributed by atoms with Gasteiger partial charge >= 0.3 is 0 Å². The highest BCUT2D eigenvalue weighted by Gasteiger charge is 2.20. The van der Waals surface area contributed by atoms with Crippen LogP contribution in [0.4, 0.5) is 14.5 Å². The van der Waals surface area contributed by atoms with Crippen molar-refractivity contribution < 1.29 is 8.78 Å². The molecule has 0 unspecified atom stereocenters. The Kier molecular flexibility index (Phi) is 8.52. The molecule has 1 saturated heterocycles. The Labute approximate surface area is 191 Å². The number of nitrogens with one attached hydrogen (secondary N) is 2. The van der Waals surface area contributed by atoms with E-state index in [1.165, 1.54) is 12.8 Å². The fourth-order valence-corrected chi connectivity index (χ4v) is 5.09. The van der Waals surface area contributed by atoms with Gasteiger partial charge in [-0.3, -0.25) is 0 Å². The molecule has 0 amide bonds. The Morgan fingerprint density at radius 3 is 1.94 bits per heavy atom. The lowest BCUT2D eigenvalue weighted by molar-refractivity contribution is 0.567. The van der Waals surface area contributed by atoms with E-state index >= 15 is 0 Å². The number of hydrogen-bond donors (Lipinski definition) is 2. The number of hydrogen-bond acceptors (Lipinski definition) is 3. The summed E-state index contributed by atoms with van der Waals surface area (Å²) in [5, 5.41) is 6.83. The quantitative estimate of drug-likeness (QED) is 0.426. The van der Waals surface area contributed by atoms with Crippen LogP contribution < -0.4 is 15.5 Å². The van der Waals surface area contributed by atoms with Crippen LogP contribution in [-0.2, 0) is 13.1 Å². The topological polar surface area (TPSA) is 27.3 Å². The summed E-state index contributed by atoms with van der Waals surface area (Å²) in [5.41, 5.74) is 3.65. The van der Waals surface area contributed by atoms with Gasteiger partial charge in [-0.15, -0.1) is 0 Å². The first-order valence-electron chi connectivity index (χ1n) is 12.4. The van der Waals surface area contributed by atoms with Gasteiger partial charge in [-0.05, 0) is 92.4 Å². The minimum atomic E-state index is -0.108. The van der Waals surface area contributed by atoms with Crippen LogP contribution in [0.2, 0.25) is 0 Å². The van der Waals surface area contributed by atoms with Crippen molar-refractivity contribution in [2.45, 2.75) is 70.4 Å². The molecule has 1 aliphatic heterocycles. The lowest BCUT2D eigenvalue weighted by atomic mass is 9.96. The molecule has 1 heterocycles. The van der Waals surface area contributed by atoms with Crippen LogP contribution in [0.3, 0.4) is 0 Å². The Balaban J connectivity index is 1.08. The molecule has 0 aromatic heterocycles. The molecule has 0 atom stereocenters. The largest absolute Gasteiger partial charge is 0.369 e. The first-order chi connectivity index (χ1) is 15.7. The molecule has 2 aromatic carbocycles. The second-order valence-electron chi connectivity index (χ2n) is 9.38. The number of unbranched alkanes of at least 4 members (excludes halogenated alkanes) is 1. The Morgan fingerprint density at radius 2 is 1.34 bits per heavy atom. The van der Waals surface area contributed by atoms with Crippen molar-refractivity contribution in [2.24, 2.45) is 0 Å². The second kappa shape index (κ2) is 11.8. The number of nitrogens with zero attached hydrogens (tertiary/aromatic N) is 1. The average molecular weight is 442 g/mol. The predicted octanol–water partition coefficient (Wildman–Crippen LogP) is 5.88. The zero-order valence-electron chi connectivity index (χ0n) is 19.1. The van der Waals surface area contributed by atoms with Crippen LogP contribution >= 0.6 is 0 Å². The van der Waals surface area contributed by atoms with E-state index in [2.05, 4.69) is 21.6 Å². The van der Waals surface area contributed by atoms with Gasteiger partial charge in [0.15, 0.2) is 0 Å². The highest BCUT2D eigenvalue weighted by atomic mass is 19.1. The third-order valence-corrected chi connectivity index (χ3v) is 6.93. The van der Waals surface area contributed by atoms with E-state index in [1.54, 1.807) is 12.1 Å². The van der Waals surface area contributed by atoms with Gasteiger partial charge in [-0.2, -0.15) is 0 Å². The Morgan fingerprint density at radius 1 is 0.750 bits per heavy atom. The summed E-state index contributed by atoms with van der Waals surface area (Å²) < 4.78 is 28.8. The van der Waals surface area contributed by atoms with Crippen molar-refractivity contribution in [1.29, 1.82) is 0 Å². The van der Waals surface area contributed by atoms with E-state index in [-0.39, 0.29) is 11.6 Å². The molecule has 2 fully saturated rings. The zero-order chi connectivity index (χ0) is 22.2. The van der Waals surface area contributed by atoms with Crippen molar-refractivity contribution in [3.05, 3.63) is 64.7 Å². The van der Waals surface area contributed by atoms with Crippen LogP contribution in [-0.4, -0.2) is 26.2 Å². The summed E-state index contributed by atoms with van der Waals surface area (Å²) in [6.07, 6.45) is 9.12. The van der Waals surface area contributed by atoms with E-state index in [0.29, 0.717) is 19.0 Å². The number of rotatable bonds is 11. The zero-order valence-corrected chi connectivity index (χ0v) is 19.1. The van der Waals surface area contributed by atoms with Crippen LogP contribution in [0.25, 0.3) is 0 Å². The van der Waals surface area contributed by atoms with Crippen molar-refractivity contribution in [3.63, 3.8) is 0 Å². The molecule has 2 aromatic rings. The van der Waals surface area contributed by atoms with Crippen LogP contribution in [0.1, 0.15) is 74.0 Å². The maximum atomic E-state index is 14.4. The molecule has 0 radical (unpaired) electrons. The Hall–Kier alpha value is -1.98. The van der Waals surface area contributed by atoms with Gasteiger partial charge in [0.25, 0.3) is 0 Å². The van der Waals surface area contributed by atoms with E-state index in [1.807, 2.05) is 18.2 Å². The minimum absolute atomic E-state index is 0.0368. The van der Waals surface area contributed by atoms with Crippen LogP contribution in [0, 0.1) is 11.6 Å². The molecular weight excluding hydrogens is 404 g/mol. The molecule has 5 heteroatoms. The number of benzene rings is 2.